The molecular weight excluding hydrogens is 570 g/mol. The van der Waals surface area contributed by atoms with E-state index in [4.69, 9.17) is 0 Å². The molecule has 0 aliphatic carbocycles. The molecule has 7 heteroatoms. The molecule has 0 heterocycles. The van der Waals surface area contributed by atoms with Crippen LogP contribution in [0.2, 0.25) is 0 Å². The van der Waals surface area contributed by atoms with E-state index in [-0.39, 0.29) is 53.9 Å². The van der Waals surface area contributed by atoms with Gasteiger partial charge in [0.05, 0.1) is 11.1 Å². The van der Waals surface area contributed by atoms with Gasteiger partial charge in [0.15, 0.2) is 0 Å². The van der Waals surface area contributed by atoms with Gasteiger partial charge in [-0.25, -0.2) is 9.59 Å². The van der Waals surface area contributed by atoms with Crippen LogP contribution in [-0.2, 0) is 32.3 Å². The molecular formula is C34H50O6Zn. The Balaban J connectivity index is 0.000000762. The molecule has 0 aromatic heterocycles. The van der Waals surface area contributed by atoms with Crippen molar-refractivity contribution in [1.29, 1.82) is 0 Å². The summed E-state index contributed by atoms with van der Waals surface area (Å²) in [7, 11) is 0. The van der Waals surface area contributed by atoms with Gasteiger partial charge in [-0.3, -0.25) is 0 Å². The third-order valence-corrected chi connectivity index (χ3v) is 7.60. The van der Waals surface area contributed by atoms with Crippen LogP contribution in [0.15, 0.2) is 24.3 Å². The largest absolute Gasteiger partial charge is 2.00 e. The molecule has 0 fully saturated rings. The molecule has 41 heavy (non-hydrogen) atoms. The Morgan fingerprint density at radius 1 is 0.659 bits per heavy atom. The Morgan fingerprint density at radius 3 is 1.22 bits per heavy atom. The van der Waals surface area contributed by atoms with E-state index >= 15 is 0 Å². The van der Waals surface area contributed by atoms with E-state index in [1.165, 1.54) is 0 Å². The summed E-state index contributed by atoms with van der Waals surface area (Å²) in [5.41, 5.74) is 3.07. The number of carboxylic acid groups (broad SMARTS) is 2. The average molecular weight is 620 g/mol. The SMILES string of the molecule is CCC(C)c1cc(CCCC(C)C)cc(C(=O)O)c1[O-].CCC(C)c1cc(CCCC(C)C)cc(C(=O)O)c1[O-].[Zn+2]. The predicted molar refractivity (Wildman–Crippen MR) is 159 cm³/mol. The normalized spacial score (nSPS) is 12.3. The zero-order chi connectivity index (χ0) is 30.6. The van der Waals surface area contributed by atoms with Crippen molar-refractivity contribution in [2.45, 2.75) is 119 Å². The summed E-state index contributed by atoms with van der Waals surface area (Å²) in [5.74, 6) is -1.39. The second-order valence-corrected chi connectivity index (χ2v) is 11.9. The molecule has 224 valence electrons. The Labute approximate surface area is 260 Å². The second kappa shape index (κ2) is 18.9. The maximum Gasteiger partial charge on any atom is 2.00 e. The van der Waals surface area contributed by atoms with Crippen LogP contribution < -0.4 is 10.2 Å². The molecule has 0 aliphatic rings. The van der Waals surface area contributed by atoms with Crippen molar-refractivity contribution in [3.05, 3.63) is 57.6 Å². The monoisotopic (exact) mass is 618 g/mol. The first-order valence-electron chi connectivity index (χ1n) is 14.9. The fraction of sp³-hybridized carbons (Fsp3) is 0.588. The first kappa shape index (κ1) is 38.6. The molecule has 0 saturated carbocycles. The summed E-state index contributed by atoms with van der Waals surface area (Å²) < 4.78 is 0. The minimum absolute atomic E-state index is 0. The topological polar surface area (TPSA) is 121 Å². The summed E-state index contributed by atoms with van der Waals surface area (Å²) >= 11 is 0. The molecule has 2 atom stereocenters. The first-order valence-corrected chi connectivity index (χ1v) is 14.9. The van der Waals surface area contributed by atoms with Crippen molar-refractivity contribution in [2.75, 3.05) is 0 Å². The summed E-state index contributed by atoms with van der Waals surface area (Å²) in [6.45, 7) is 16.7. The maximum atomic E-state index is 12.2. The number of hydrogen-bond donors (Lipinski definition) is 2. The molecule has 2 N–H and O–H groups in total. The number of rotatable bonds is 14. The second-order valence-electron chi connectivity index (χ2n) is 11.9. The first-order chi connectivity index (χ1) is 18.7. The Hall–Kier alpha value is -2.40. The Morgan fingerprint density at radius 2 is 0.976 bits per heavy atom. The molecule has 2 rings (SSSR count). The standard InChI is InChI=1S/2C17H26O3.Zn/c2*1-5-12(4)14-9-13(8-6-7-11(2)3)10-15(16(14)18)17(19)20;/h2*9-12,18H,5-8H2,1-4H3,(H,19,20);/q;;+2/p-2. The third-order valence-electron chi connectivity index (χ3n) is 7.60. The molecule has 6 nitrogen and oxygen atoms in total. The van der Waals surface area contributed by atoms with Gasteiger partial charge in [-0.1, -0.05) is 103 Å². The van der Waals surface area contributed by atoms with Crippen molar-refractivity contribution in [3.8, 4) is 11.5 Å². The molecule has 2 aromatic carbocycles. The molecule has 0 aliphatic heterocycles. The molecule has 0 bridgehead atoms. The van der Waals surface area contributed by atoms with Crippen LogP contribution in [-0.4, -0.2) is 22.2 Å². The Bertz CT molecular complexity index is 1020. The van der Waals surface area contributed by atoms with Gasteiger partial charge in [0.2, 0.25) is 0 Å². The van der Waals surface area contributed by atoms with Crippen molar-refractivity contribution in [2.24, 2.45) is 11.8 Å². The van der Waals surface area contributed by atoms with Gasteiger partial charge in [0, 0.05) is 0 Å². The van der Waals surface area contributed by atoms with Gasteiger partial charge in [0.1, 0.15) is 0 Å². The fourth-order valence-corrected chi connectivity index (χ4v) is 4.63. The van der Waals surface area contributed by atoms with Crippen LogP contribution in [0, 0.1) is 11.8 Å². The summed E-state index contributed by atoms with van der Waals surface area (Å²) in [4.78, 5) is 22.4. The van der Waals surface area contributed by atoms with Gasteiger partial charge in [0.25, 0.3) is 0 Å². The van der Waals surface area contributed by atoms with Crippen LogP contribution in [0.3, 0.4) is 0 Å². The Kier molecular flexibility index (Phi) is 17.8. The number of benzene rings is 2. The zero-order valence-corrected chi connectivity index (χ0v) is 29.5. The van der Waals surface area contributed by atoms with Gasteiger partial charge in [-0.15, -0.1) is 0 Å². The van der Waals surface area contributed by atoms with Crippen molar-refractivity contribution >= 4 is 11.9 Å². The minimum Gasteiger partial charge on any atom is -0.872 e. The quantitative estimate of drug-likeness (QED) is 0.207. The summed E-state index contributed by atoms with van der Waals surface area (Å²) in [6.07, 6.45) is 7.61. The molecule has 0 spiro atoms. The summed E-state index contributed by atoms with van der Waals surface area (Å²) in [5, 5.41) is 42.7. The average Bonchev–Trinajstić information content (AvgIpc) is 2.88. The van der Waals surface area contributed by atoms with E-state index in [0.717, 1.165) is 62.5 Å². The number of aryl methyl sites for hydroxylation is 2. The van der Waals surface area contributed by atoms with Crippen LogP contribution in [0.25, 0.3) is 0 Å². The van der Waals surface area contributed by atoms with E-state index in [1.54, 1.807) is 12.1 Å². The molecule has 0 saturated heterocycles. The number of hydrogen-bond acceptors (Lipinski definition) is 4. The van der Waals surface area contributed by atoms with Crippen molar-refractivity contribution in [3.63, 3.8) is 0 Å². The third kappa shape index (κ3) is 12.6. The fourth-order valence-electron chi connectivity index (χ4n) is 4.63. The smallest absolute Gasteiger partial charge is 0.872 e. The van der Waals surface area contributed by atoms with Crippen LogP contribution in [0.1, 0.15) is 149 Å². The van der Waals surface area contributed by atoms with Gasteiger partial charge in [-0.2, -0.15) is 0 Å². The van der Waals surface area contributed by atoms with Crippen molar-refractivity contribution in [1.82, 2.24) is 0 Å². The zero-order valence-electron chi connectivity index (χ0n) is 26.5. The van der Waals surface area contributed by atoms with Gasteiger partial charge < -0.3 is 20.4 Å². The number of aromatic carboxylic acids is 2. The van der Waals surface area contributed by atoms with E-state index in [2.05, 4.69) is 27.7 Å². The van der Waals surface area contributed by atoms with Crippen LogP contribution in [0.4, 0.5) is 0 Å². The number of carboxylic acids is 2. The van der Waals surface area contributed by atoms with Crippen LogP contribution >= 0.6 is 0 Å². The van der Waals surface area contributed by atoms with Crippen LogP contribution in [0.5, 0.6) is 11.5 Å². The van der Waals surface area contributed by atoms with E-state index in [0.29, 0.717) is 23.0 Å². The minimum atomic E-state index is -1.12. The molecule has 2 aromatic rings. The van der Waals surface area contributed by atoms with E-state index < -0.39 is 11.9 Å². The maximum absolute atomic E-state index is 12.2. The predicted octanol–water partition coefficient (Wildman–Crippen LogP) is 7.90. The van der Waals surface area contributed by atoms with Gasteiger partial charge >= 0.3 is 31.4 Å². The van der Waals surface area contributed by atoms with Gasteiger partial charge in [-0.05, 0) is 85.5 Å². The molecule has 0 amide bonds. The van der Waals surface area contributed by atoms with E-state index in [9.17, 15) is 30.0 Å². The summed E-state index contributed by atoms with van der Waals surface area (Å²) in [6, 6.07) is 6.92. The van der Waals surface area contributed by atoms with Crippen molar-refractivity contribution < 1.29 is 49.5 Å². The molecule has 0 radical (unpaired) electrons. The van der Waals surface area contributed by atoms with E-state index in [1.807, 2.05) is 39.8 Å². The molecule has 2 unspecified atom stereocenters. The number of carbonyl (C=O) groups is 2.